The standard InChI is InChI=1S/C11H10N2O4/c1-11(2,12-7(14)3-4-8(12)15)13-9(16)5-6-10(13)17/h3-6H,1-2H3. The van der Waals surface area contributed by atoms with E-state index in [4.69, 9.17) is 0 Å². The van der Waals surface area contributed by atoms with Gasteiger partial charge in [-0.2, -0.15) is 0 Å². The molecular formula is C11H10N2O4. The highest BCUT2D eigenvalue weighted by Gasteiger charge is 2.46. The summed E-state index contributed by atoms with van der Waals surface area (Å²) in [7, 11) is 0. The first kappa shape index (κ1) is 11.3. The number of amides is 4. The van der Waals surface area contributed by atoms with E-state index in [1.807, 2.05) is 0 Å². The van der Waals surface area contributed by atoms with Crippen LogP contribution in [0.1, 0.15) is 13.8 Å². The van der Waals surface area contributed by atoms with Gasteiger partial charge in [0.25, 0.3) is 23.6 Å². The van der Waals surface area contributed by atoms with Crippen LogP contribution in [0.2, 0.25) is 0 Å². The first-order chi connectivity index (χ1) is 7.85. The number of imide groups is 2. The number of carbonyl (C=O) groups excluding carboxylic acids is 4. The lowest BCUT2D eigenvalue weighted by Crippen LogP contribution is -2.60. The van der Waals surface area contributed by atoms with E-state index < -0.39 is 29.3 Å². The zero-order valence-corrected chi connectivity index (χ0v) is 9.34. The van der Waals surface area contributed by atoms with E-state index in [-0.39, 0.29) is 0 Å². The van der Waals surface area contributed by atoms with Gasteiger partial charge in [0.1, 0.15) is 5.66 Å². The molecule has 2 heterocycles. The first-order valence-corrected chi connectivity index (χ1v) is 4.98. The monoisotopic (exact) mass is 234 g/mol. The Balaban J connectivity index is 2.37. The third-order valence-electron chi connectivity index (χ3n) is 2.71. The van der Waals surface area contributed by atoms with Crippen LogP contribution < -0.4 is 0 Å². The zero-order valence-electron chi connectivity index (χ0n) is 9.34. The van der Waals surface area contributed by atoms with E-state index in [9.17, 15) is 19.2 Å². The summed E-state index contributed by atoms with van der Waals surface area (Å²) >= 11 is 0. The minimum atomic E-state index is -1.31. The Morgan fingerprint density at radius 2 is 0.941 bits per heavy atom. The van der Waals surface area contributed by atoms with Crippen LogP contribution in [-0.4, -0.2) is 39.1 Å². The van der Waals surface area contributed by atoms with Gasteiger partial charge in [0.15, 0.2) is 0 Å². The lowest BCUT2D eigenvalue weighted by atomic mass is 10.1. The molecular weight excluding hydrogens is 224 g/mol. The number of rotatable bonds is 2. The Kier molecular flexibility index (Phi) is 2.23. The van der Waals surface area contributed by atoms with Gasteiger partial charge in [0.05, 0.1) is 0 Å². The highest BCUT2D eigenvalue weighted by Crippen LogP contribution is 2.26. The molecule has 2 rings (SSSR count). The van der Waals surface area contributed by atoms with Crippen LogP contribution >= 0.6 is 0 Å². The van der Waals surface area contributed by atoms with Crippen molar-refractivity contribution in [3.8, 4) is 0 Å². The SMILES string of the molecule is CC(C)(N1C(=O)C=CC1=O)N1C(=O)C=CC1=O. The quantitative estimate of drug-likeness (QED) is 0.608. The lowest BCUT2D eigenvalue weighted by molar-refractivity contribution is -0.160. The third kappa shape index (κ3) is 1.49. The average molecular weight is 234 g/mol. The van der Waals surface area contributed by atoms with Gasteiger partial charge >= 0.3 is 0 Å². The van der Waals surface area contributed by atoms with E-state index in [1.165, 1.54) is 13.8 Å². The molecule has 0 aliphatic carbocycles. The van der Waals surface area contributed by atoms with Gasteiger partial charge in [-0.3, -0.25) is 29.0 Å². The van der Waals surface area contributed by atoms with Gasteiger partial charge in [-0.05, 0) is 13.8 Å². The molecule has 2 aliphatic rings. The summed E-state index contributed by atoms with van der Waals surface area (Å²) in [4.78, 5) is 48.0. The summed E-state index contributed by atoms with van der Waals surface area (Å²) in [5.41, 5.74) is -1.31. The Morgan fingerprint density at radius 3 is 1.18 bits per heavy atom. The van der Waals surface area contributed by atoms with Gasteiger partial charge in [-0.25, -0.2) is 0 Å². The fourth-order valence-corrected chi connectivity index (χ4v) is 1.98. The molecule has 4 amide bonds. The van der Waals surface area contributed by atoms with Crippen LogP contribution in [-0.2, 0) is 19.2 Å². The van der Waals surface area contributed by atoms with Gasteiger partial charge in [-0.15, -0.1) is 0 Å². The first-order valence-electron chi connectivity index (χ1n) is 4.98. The minimum Gasteiger partial charge on any atom is -0.269 e. The van der Waals surface area contributed by atoms with Crippen LogP contribution in [0.5, 0.6) is 0 Å². The van der Waals surface area contributed by atoms with E-state index >= 15 is 0 Å². The van der Waals surface area contributed by atoms with Gasteiger partial charge in [0, 0.05) is 24.3 Å². The number of hydrogen-bond acceptors (Lipinski definition) is 4. The molecule has 6 nitrogen and oxygen atoms in total. The highest BCUT2D eigenvalue weighted by atomic mass is 16.2. The Morgan fingerprint density at radius 1 is 0.706 bits per heavy atom. The molecule has 0 aromatic heterocycles. The van der Waals surface area contributed by atoms with Gasteiger partial charge in [0.2, 0.25) is 0 Å². The van der Waals surface area contributed by atoms with Crippen molar-refractivity contribution in [1.29, 1.82) is 0 Å². The van der Waals surface area contributed by atoms with E-state index in [0.717, 1.165) is 34.1 Å². The van der Waals surface area contributed by atoms with Crippen LogP contribution in [0.3, 0.4) is 0 Å². The van der Waals surface area contributed by atoms with Crippen molar-refractivity contribution in [1.82, 2.24) is 9.80 Å². The predicted octanol–water partition coefficient (Wildman–Crippen LogP) is -0.428. The average Bonchev–Trinajstić information content (AvgIpc) is 2.71. The molecule has 0 spiro atoms. The van der Waals surface area contributed by atoms with Crippen molar-refractivity contribution in [3.63, 3.8) is 0 Å². The summed E-state index contributed by atoms with van der Waals surface area (Å²) in [6.45, 7) is 2.94. The van der Waals surface area contributed by atoms with Crippen LogP contribution in [0.15, 0.2) is 24.3 Å². The van der Waals surface area contributed by atoms with Crippen LogP contribution in [0, 0.1) is 0 Å². The second-order valence-electron chi connectivity index (χ2n) is 4.18. The van der Waals surface area contributed by atoms with Crippen molar-refractivity contribution in [2.24, 2.45) is 0 Å². The van der Waals surface area contributed by atoms with E-state index in [2.05, 4.69) is 0 Å². The molecule has 0 aromatic rings. The Labute approximate surface area is 97.2 Å². The molecule has 0 atom stereocenters. The molecule has 0 saturated carbocycles. The summed E-state index contributed by atoms with van der Waals surface area (Å²) in [5.74, 6) is -2.14. The number of hydrogen-bond donors (Lipinski definition) is 0. The molecule has 6 heteroatoms. The molecule has 0 bridgehead atoms. The molecule has 2 aliphatic heterocycles. The summed E-state index contributed by atoms with van der Waals surface area (Å²) < 4.78 is 0. The zero-order chi connectivity index (χ0) is 12.8. The normalized spacial score (nSPS) is 20.1. The highest BCUT2D eigenvalue weighted by molar-refractivity contribution is 6.17. The second-order valence-corrected chi connectivity index (χ2v) is 4.18. The van der Waals surface area contributed by atoms with Crippen LogP contribution in [0.25, 0.3) is 0 Å². The summed E-state index contributed by atoms with van der Waals surface area (Å²) in [6.07, 6.45) is 4.45. The number of carbonyl (C=O) groups is 4. The molecule has 17 heavy (non-hydrogen) atoms. The van der Waals surface area contributed by atoms with E-state index in [0.29, 0.717) is 0 Å². The molecule has 0 unspecified atom stereocenters. The molecule has 0 fully saturated rings. The van der Waals surface area contributed by atoms with Gasteiger partial charge in [-0.1, -0.05) is 0 Å². The van der Waals surface area contributed by atoms with Crippen molar-refractivity contribution < 1.29 is 19.2 Å². The summed E-state index contributed by atoms with van der Waals surface area (Å²) in [6, 6.07) is 0. The van der Waals surface area contributed by atoms with Crippen molar-refractivity contribution in [3.05, 3.63) is 24.3 Å². The largest absolute Gasteiger partial charge is 0.269 e. The predicted molar refractivity (Wildman–Crippen MR) is 56.1 cm³/mol. The molecule has 0 N–H and O–H groups in total. The smallest absolute Gasteiger partial charge is 0.255 e. The number of nitrogens with zero attached hydrogens (tertiary/aromatic N) is 2. The maximum atomic E-state index is 11.6. The third-order valence-corrected chi connectivity index (χ3v) is 2.71. The topological polar surface area (TPSA) is 74.8 Å². The van der Waals surface area contributed by atoms with E-state index in [1.54, 1.807) is 0 Å². The maximum Gasteiger partial charge on any atom is 0.255 e. The molecule has 88 valence electrons. The lowest BCUT2D eigenvalue weighted by Gasteiger charge is -2.39. The molecule has 0 saturated heterocycles. The van der Waals surface area contributed by atoms with Gasteiger partial charge < -0.3 is 0 Å². The molecule has 0 aromatic carbocycles. The molecule has 0 radical (unpaired) electrons. The Bertz CT molecular complexity index is 422. The second kappa shape index (κ2) is 3.38. The van der Waals surface area contributed by atoms with Crippen LogP contribution in [0.4, 0.5) is 0 Å². The minimum absolute atomic E-state index is 0.535. The fraction of sp³-hybridized carbons (Fsp3) is 0.273. The van der Waals surface area contributed by atoms with Crippen molar-refractivity contribution >= 4 is 23.6 Å². The summed E-state index contributed by atoms with van der Waals surface area (Å²) in [5, 5.41) is 0. The van der Waals surface area contributed by atoms with Crippen molar-refractivity contribution in [2.75, 3.05) is 0 Å². The Hall–Kier alpha value is -2.24. The fourth-order valence-electron chi connectivity index (χ4n) is 1.98. The van der Waals surface area contributed by atoms with Crippen molar-refractivity contribution in [2.45, 2.75) is 19.5 Å². The maximum absolute atomic E-state index is 11.6.